The minimum Gasteiger partial charge on any atom is -0.324 e. The molecule has 0 aromatic heterocycles. The molecule has 1 aromatic rings. The maximum atomic E-state index is 13.3. The van der Waals surface area contributed by atoms with Gasteiger partial charge in [0, 0.05) is 6.04 Å². The fraction of sp³-hybridized carbons (Fsp3) is 0.500. The number of aryl methyl sites for hydroxylation is 1. The lowest BCUT2D eigenvalue weighted by atomic mass is 9.93. The smallest absolute Gasteiger partial charge is 0.126 e. The molecule has 2 heteroatoms. The molecule has 0 aliphatic carbocycles. The van der Waals surface area contributed by atoms with Crippen molar-refractivity contribution in [3.05, 3.63) is 35.1 Å². The standard InChI is InChI=1S/C12H18FN/c1-4-8(2)12(14)10-6-5-9(3)11(13)7-10/h5-8,12H,4,14H2,1-3H3/t8?,12-/m1/s1. The molecule has 14 heavy (non-hydrogen) atoms. The molecule has 1 unspecified atom stereocenters. The molecular weight excluding hydrogens is 177 g/mol. The van der Waals surface area contributed by atoms with Crippen molar-refractivity contribution >= 4 is 0 Å². The third-order valence-electron chi connectivity index (χ3n) is 2.84. The van der Waals surface area contributed by atoms with Gasteiger partial charge in [-0.15, -0.1) is 0 Å². The van der Waals surface area contributed by atoms with Crippen LogP contribution in [0.5, 0.6) is 0 Å². The molecule has 0 radical (unpaired) electrons. The third-order valence-corrected chi connectivity index (χ3v) is 2.84. The predicted molar refractivity (Wildman–Crippen MR) is 57.5 cm³/mol. The molecule has 1 aromatic carbocycles. The first-order valence-electron chi connectivity index (χ1n) is 5.08. The summed E-state index contributed by atoms with van der Waals surface area (Å²) < 4.78 is 13.3. The molecule has 0 fully saturated rings. The number of halogens is 1. The van der Waals surface area contributed by atoms with E-state index in [1.807, 2.05) is 6.07 Å². The highest BCUT2D eigenvalue weighted by Crippen LogP contribution is 2.23. The first kappa shape index (κ1) is 11.2. The Bertz CT molecular complexity index is 309. The van der Waals surface area contributed by atoms with Crippen LogP contribution in [0.1, 0.15) is 37.4 Å². The van der Waals surface area contributed by atoms with Gasteiger partial charge in [0.25, 0.3) is 0 Å². The highest BCUT2D eigenvalue weighted by atomic mass is 19.1. The van der Waals surface area contributed by atoms with Crippen LogP contribution >= 0.6 is 0 Å². The van der Waals surface area contributed by atoms with Gasteiger partial charge in [0.15, 0.2) is 0 Å². The van der Waals surface area contributed by atoms with Gasteiger partial charge in [0.05, 0.1) is 0 Å². The maximum Gasteiger partial charge on any atom is 0.126 e. The molecule has 2 N–H and O–H groups in total. The minimum absolute atomic E-state index is 0.0601. The van der Waals surface area contributed by atoms with E-state index < -0.39 is 0 Å². The van der Waals surface area contributed by atoms with E-state index in [-0.39, 0.29) is 11.9 Å². The first-order valence-corrected chi connectivity index (χ1v) is 5.08. The van der Waals surface area contributed by atoms with Crippen LogP contribution in [0.3, 0.4) is 0 Å². The minimum atomic E-state index is -0.166. The number of hydrogen-bond acceptors (Lipinski definition) is 1. The lowest BCUT2D eigenvalue weighted by molar-refractivity contribution is 0.454. The molecule has 0 saturated carbocycles. The molecule has 0 aliphatic heterocycles. The van der Waals surface area contributed by atoms with Crippen molar-refractivity contribution in [2.45, 2.75) is 33.2 Å². The summed E-state index contributed by atoms with van der Waals surface area (Å²) in [5.74, 6) is 0.221. The highest BCUT2D eigenvalue weighted by Gasteiger charge is 2.13. The Kier molecular flexibility index (Phi) is 3.64. The Hall–Kier alpha value is -0.890. The van der Waals surface area contributed by atoms with Crippen molar-refractivity contribution in [3.8, 4) is 0 Å². The number of nitrogens with two attached hydrogens (primary N) is 1. The summed E-state index contributed by atoms with van der Waals surface area (Å²) in [5.41, 5.74) is 7.56. The summed E-state index contributed by atoms with van der Waals surface area (Å²) in [4.78, 5) is 0. The zero-order valence-electron chi connectivity index (χ0n) is 9.05. The van der Waals surface area contributed by atoms with Gasteiger partial charge < -0.3 is 5.73 Å². The van der Waals surface area contributed by atoms with Gasteiger partial charge in [-0.3, -0.25) is 0 Å². The lowest BCUT2D eigenvalue weighted by Gasteiger charge is -2.18. The third kappa shape index (κ3) is 2.32. The van der Waals surface area contributed by atoms with E-state index in [0.717, 1.165) is 12.0 Å². The Labute approximate surface area is 85.1 Å². The number of hydrogen-bond donors (Lipinski definition) is 1. The molecule has 0 amide bonds. The summed E-state index contributed by atoms with van der Waals surface area (Å²) in [6.07, 6.45) is 1.01. The average Bonchev–Trinajstić information content (AvgIpc) is 2.20. The summed E-state index contributed by atoms with van der Waals surface area (Å²) in [7, 11) is 0. The van der Waals surface area contributed by atoms with Crippen molar-refractivity contribution < 1.29 is 4.39 Å². The molecule has 78 valence electrons. The molecule has 0 aliphatic rings. The van der Waals surface area contributed by atoms with Crippen LogP contribution in [0.15, 0.2) is 18.2 Å². The fourth-order valence-corrected chi connectivity index (χ4v) is 1.40. The van der Waals surface area contributed by atoms with E-state index in [0.29, 0.717) is 11.5 Å². The lowest BCUT2D eigenvalue weighted by Crippen LogP contribution is -2.18. The van der Waals surface area contributed by atoms with Crippen molar-refractivity contribution in [1.29, 1.82) is 0 Å². The van der Waals surface area contributed by atoms with Crippen LogP contribution in [0.25, 0.3) is 0 Å². The predicted octanol–water partition coefficient (Wildman–Crippen LogP) is 3.18. The molecule has 0 heterocycles. The van der Waals surface area contributed by atoms with E-state index in [9.17, 15) is 4.39 Å². The van der Waals surface area contributed by atoms with Crippen LogP contribution < -0.4 is 5.73 Å². The van der Waals surface area contributed by atoms with Gasteiger partial charge in [-0.1, -0.05) is 32.4 Å². The average molecular weight is 195 g/mol. The van der Waals surface area contributed by atoms with Gasteiger partial charge in [0.1, 0.15) is 5.82 Å². The summed E-state index contributed by atoms with van der Waals surface area (Å²) in [5, 5.41) is 0. The maximum absolute atomic E-state index is 13.3. The van der Waals surface area contributed by atoms with Crippen LogP contribution in [0, 0.1) is 18.7 Å². The van der Waals surface area contributed by atoms with Gasteiger partial charge in [-0.25, -0.2) is 4.39 Å². The van der Waals surface area contributed by atoms with E-state index in [1.165, 1.54) is 0 Å². The van der Waals surface area contributed by atoms with Gasteiger partial charge in [0.2, 0.25) is 0 Å². The van der Waals surface area contributed by atoms with Gasteiger partial charge in [-0.2, -0.15) is 0 Å². The normalized spacial score (nSPS) is 15.2. The van der Waals surface area contributed by atoms with Crippen molar-refractivity contribution in [2.75, 3.05) is 0 Å². The number of benzene rings is 1. The topological polar surface area (TPSA) is 26.0 Å². The van der Waals surface area contributed by atoms with E-state index in [4.69, 9.17) is 5.73 Å². The van der Waals surface area contributed by atoms with Crippen LogP contribution in [-0.2, 0) is 0 Å². The second kappa shape index (κ2) is 4.56. The zero-order valence-corrected chi connectivity index (χ0v) is 9.05. The quantitative estimate of drug-likeness (QED) is 0.787. The molecule has 1 nitrogen and oxygen atoms in total. The van der Waals surface area contributed by atoms with Crippen LogP contribution in [0.4, 0.5) is 4.39 Å². The Morgan fingerprint density at radius 1 is 1.43 bits per heavy atom. The zero-order chi connectivity index (χ0) is 10.7. The molecule has 0 bridgehead atoms. The molecule has 0 saturated heterocycles. The Morgan fingerprint density at radius 2 is 2.07 bits per heavy atom. The monoisotopic (exact) mass is 195 g/mol. The molecular formula is C12H18FN. The molecule has 1 rings (SSSR count). The second-order valence-electron chi connectivity index (χ2n) is 3.92. The summed E-state index contributed by atoms with van der Waals surface area (Å²) >= 11 is 0. The number of rotatable bonds is 3. The summed E-state index contributed by atoms with van der Waals surface area (Å²) in [6.45, 7) is 5.94. The summed E-state index contributed by atoms with van der Waals surface area (Å²) in [6, 6.07) is 5.18. The van der Waals surface area contributed by atoms with Crippen molar-refractivity contribution in [3.63, 3.8) is 0 Å². The fourth-order valence-electron chi connectivity index (χ4n) is 1.40. The van der Waals surface area contributed by atoms with E-state index in [1.54, 1.807) is 19.1 Å². The van der Waals surface area contributed by atoms with Gasteiger partial charge >= 0.3 is 0 Å². The van der Waals surface area contributed by atoms with Crippen LogP contribution in [-0.4, -0.2) is 0 Å². The Morgan fingerprint density at radius 3 is 2.57 bits per heavy atom. The van der Waals surface area contributed by atoms with Gasteiger partial charge in [-0.05, 0) is 30.0 Å². The van der Waals surface area contributed by atoms with E-state index >= 15 is 0 Å². The largest absolute Gasteiger partial charge is 0.324 e. The van der Waals surface area contributed by atoms with Crippen molar-refractivity contribution in [1.82, 2.24) is 0 Å². The molecule has 0 spiro atoms. The SMILES string of the molecule is CCC(C)[C@@H](N)c1ccc(C)c(F)c1. The van der Waals surface area contributed by atoms with Crippen molar-refractivity contribution in [2.24, 2.45) is 11.7 Å². The molecule has 2 atom stereocenters. The Balaban J connectivity index is 2.91. The highest BCUT2D eigenvalue weighted by molar-refractivity contribution is 5.25. The van der Waals surface area contributed by atoms with E-state index in [2.05, 4.69) is 13.8 Å². The first-order chi connectivity index (χ1) is 6.56. The van der Waals surface area contributed by atoms with Crippen LogP contribution in [0.2, 0.25) is 0 Å². The second-order valence-corrected chi connectivity index (χ2v) is 3.92.